The normalized spacial score (nSPS) is 10.3. The molecule has 0 aromatic heterocycles. The van der Waals surface area contributed by atoms with E-state index in [-0.39, 0.29) is 24.8 Å². The Labute approximate surface area is 195 Å². The van der Waals surface area contributed by atoms with E-state index in [9.17, 15) is 0 Å². The molecular formula is C21H30BrCl3N2O. The molecule has 158 valence electrons. The van der Waals surface area contributed by atoms with Gasteiger partial charge in [0.15, 0.2) is 0 Å². The van der Waals surface area contributed by atoms with E-state index in [1.54, 1.807) is 0 Å². The van der Waals surface area contributed by atoms with Crippen LogP contribution in [0.1, 0.15) is 31.4 Å². The van der Waals surface area contributed by atoms with E-state index in [2.05, 4.69) is 52.1 Å². The molecule has 1 N–H and O–H groups in total. The van der Waals surface area contributed by atoms with E-state index in [0.717, 1.165) is 53.5 Å². The van der Waals surface area contributed by atoms with E-state index in [0.29, 0.717) is 6.61 Å². The molecule has 7 heteroatoms. The summed E-state index contributed by atoms with van der Waals surface area (Å²) < 4.78 is 6.88. The van der Waals surface area contributed by atoms with Crippen LogP contribution in [0.25, 0.3) is 0 Å². The Morgan fingerprint density at radius 2 is 1.64 bits per heavy atom. The van der Waals surface area contributed by atoms with Crippen molar-refractivity contribution in [1.82, 2.24) is 10.2 Å². The van der Waals surface area contributed by atoms with Gasteiger partial charge in [0.05, 0.1) is 4.47 Å². The second-order valence-corrected chi connectivity index (χ2v) is 7.53. The lowest BCUT2D eigenvalue weighted by molar-refractivity contribution is 0.298. The summed E-state index contributed by atoms with van der Waals surface area (Å²) >= 11 is 9.52. The SMILES string of the molecule is CCN(CC)CCCNCc1ccc(OCc2ccc(Cl)cc2)c(Br)c1.Cl.Cl. The summed E-state index contributed by atoms with van der Waals surface area (Å²) in [5.41, 5.74) is 2.35. The molecule has 0 heterocycles. The third-order valence-electron chi connectivity index (χ3n) is 4.36. The molecule has 28 heavy (non-hydrogen) atoms. The minimum Gasteiger partial charge on any atom is -0.488 e. The molecule has 0 bridgehead atoms. The maximum Gasteiger partial charge on any atom is 0.134 e. The number of nitrogens with one attached hydrogen (secondary N) is 1. The monoisotopic (exact) mass is 510 g/mol. The molecule has 0 aliphatic carbocycles. The highest BCUT2D eigenvalue weighted by Crippen LogP contribution is 2.27. The first kappa shape index (κ1) is 27.5. The van der Waals surface area contributed by atoms with Gasteiger partial charge in [0, 0.05) is 11.6 Å². The topological polar surface area (TPSA) is 24.5 Å². The van der Waals surface area contributed by atoms with Gasteiger partial charge < -0.3 is 15.0 Å². The number of benzene rings is 2. The number of ether oxygens (including phenoxy) is 1. The molecule has 2 rings (SSSR count). The molecule has 0 spiro atoms. The Kier molecular flexibility index (Phi) is 15.1. The van der Waals surface area contributed by atoms with Crippen LogP contribution in [-0.2, 0) is 13.2 Å². The summed E-state index contributed by atoms with van der Waals surface area (Å²) in [6, 6.07) is 14.0. The highest BCUT2D eigenvalue weighted by molar-refractivity contribution is 9.10. The number of hydrogen-bond acceptors (Lipinski definition) is 3. The third-order valence-corrected chi connectivity index (χ3v) is 5.23. The average Bonchev–Trinajstić information content (AvgIpc) is 2.65. The summed E-state index contributed by atoms with van der Waals surface area (Å²) in [4.78, 5) is 2.45. The number of hydrogen-bond donors (Lipinski definition) is 1. The molecule has 0 aliphatic heterocycles. The number of nitrogens with zero attached hydrogens (tertiary/aromatic N) is 1. The molecule has 0 amide bonds. The van der Waals surface area contributed by atoms with Crippen molar-refractivity contribution in [2.24, 2.45) is 0 Å². The molecule has 0 saturated carbocycles. The molecule has 2 aromatic rings. The Balaban J connectivity index is 0.00000364. The van der Waals surface area contributed by atoms with Crippen LogP contribution in [0.4, 0.5) is 0 Å². The van der Waals surface area contributed by atoms with Crippen LogP contribution in [-0.4, -0.2) is 31.1 Å². The van der Waals surface area contributed by atoms with E-state index in [1.807, 2.05) is 30.3 Å². The molecule has 2 aromatic carbocycles. The van der Waals surface area contributed by atoms with Crippen LogP contribution >= 0.6 is 52.3 Å². The zero-order valence-electron chi connectivity index (χ0n) is 16.4. The first-order chi connectivity index (χ1) is 12.6. The summed E-state index contributed by atoms with van der Waals surface area (Å²) in [5.74, 6) is 0.852. The Hall–Kier alpha value is -0.490. The van der Waals surface area contributed by atoms with Crippen molar-refractivity contribution in [3.05, 3.63) is 63.1 Å². The van der Waals surface area contributed by atoms with Crippen LogP contribution in [0.2, 0.25) is 5.02 Å². The summed E-state index contributed by atoms with van der Waals surface area (Å²) in [5, 5.41) is 4.25. The molecule has 3 nitrogen and oxygen atoms in total. The minimum atomic E-state index is 0. The fourth-order valence-electron chi connectivity index (χ4n) is 2.71. The zero-order chi connectivity index (χ0) is 18.8. The Morgan fingerprint density at radius 3 is 2.25 bits per heavy atom. The quantitative estimate of drug-likeness (QED) is 0.355. The Bertz CT molecular complexity index is 667. The van der Waals surface area contributed by atoms with E-state index < -0.39 is 0 Å². The van der Waals surface area contributed by atoms with Crippen molar-refractivity contribution in [2.75, 3.05) is 26.2 Å². The van der Waals surface area contributed by atoms with Crippen molar-refractivity contribution in [3.8, 4) is 5.75 Å². The van der Waals surface area contributed by atoms with Gasteiger partial charge >= 0.3 is 0 Å². The average molecular weight is 513 g/mol. The number of halogens is 4. The van der Waals surface area contributed by atoms with Crippen LogP contribution in [0.3, 0.4) is 0 Å². The first-order valence-corrected chi connectivity index (χ1v) is 10.4. The lowest BCUT2D eigenvalue weighted by Gasteiger charge is -2.17. The number of rotatable bonds is 11. The van der Waals surface area contributed by atoms with Crippen molar-refractivity contribution < 1.29 is 4.74 Å². The molecule has 0 atom stereocenters. The lowest BCUT2D eigenvalue weighted by Crippen LogP contribution is -2.27. The Morgan fingerprint density at radius 1 is 1.00 bits per heavy atom. The maximum absolute atomic E-state index is 5.91. The van der Waals surface area contributed by atoms with Gasteiger partial charge in [-0.05, 0) is 83.9 Å². The first-order valence-electron chi connectivity index (χ1n) is 9.21. The maximum atomic E-state index is 5.91. The van der Waals surface area contributed by atoms with Gasteiger partial charge in [-0.25, -0.2) is 0 Å². The fourth-order valence-corrected chi connectivity index (χ4v) is 3.38. The smallest absolute Gasteiger partial charge is 0.134 e. The van der Waals surface area contributed by atoms with Crippen molar-refractivity contribution >= 4 is 52.3 Å². The van der Waals surface area contributed by atoms with Gasteiger partial charge in [-0.1, -0.05) is 43.6 Å². The fraction of sp³-hybridized carbons (Fsp3) is 0.429. The van der Waals surface area contributed by atoms with Crippen molar-refractivity contribution in [1.29, 1.82) is 0 Å². The van der Waals surface area contributed by atoms with Gasteiger partial charge in [-0.2, -0.15) is 0 Å². The summed E-state index contributed by atoms with van der Waals surface area (Å²) in [7, 11) is 0. The molecule has 0 unspecified atom stereocenters. The third kappa shape index (κ3) is 9.82. The van der Waals surface area contributed by atoms with E-state index >= 15 is 0 Å². The highest BCUT2D eigenvalue weighted by Gasteiger charge is 2.04. The van der Waals surface area contributed by atoms with Crippen LogP contribution in [0.15, 0.2) is 46.9 Å². The molecule has 0 aliphatic rings. The molecule has 0 saturated heterocycles. The van der Waals surface area contributed by atoms with Gasteiger partial charge in [-0.3, -0.25) is 0 Å². The standard InChI is InChI=1S/C21H28BrClN2O.2ClH/c1-3-25(4-2)13-5-12-24-15-18-8-11-21(20(22)14-18)26-16-17-6-9-19(23)10-7-17;;/h6-11,14,24H,3-5,12-13,15-16H2,1-2H3;2*1H. The molecule has 0 fully saturated rings. The van der Waals surface area contributed by atoms with Crippen LogP contribution in [0.5, 0.6) is 5.75 Å². The van der Waals surface area contributed by atoms with Gasteiger partial charge in [0.25, 0.3) is 0 Å². The summed E-state index contributed by atoms with van der Waals surface area (Å²) in [6.45, 7) is 10.3. The largest absolute Gasteiger partial charge is 0.488 e. The van der Waals surface area contributed by atoms with Gasteiger partial charge in [0.2, 0.25) is 0 Å². The minimum absolute atomic E-state index is 0. The van der Waals surface area contributed by atoms with Crippen molar-refractivity contribution in [3.63, 3.8) is 0 Å². The lowest BCUT2D eigenvalue weighted by atomic mass is 10.2. The summed E-state index contributed by atoms with van der Waals surface area (Å²) in [6.07, 6.45) is 1.17. The van der Waals surface area contributed by atoms with Crippen LogP contribution in [0, 0.1) is 0 Å². The van der Waals surface area contributed by atoms with Crippen molar-refractivity contribution in [2.45, 2.75) is 33.4 Å². The van der Waals surface area contributed by atoms with Gasteiger partial charge in [0.1, 0.15) is 12.4 Å². The molecule has 0 radical (unpaired) electrons. The molecular weight excluding hydrogens is 483 g/mol. The highest BCUT2D eigenvalue weighted by atomic mass is 79.9. The van der Waals surface area contributed by atoms with Gasteiger partial charge in [-0.15, -0.1) is 24.8 Å². The predicted molar refractivity (Wildman–Crippen MR) is 129 cm³/mol. The van der Waals surface area contributed by atoms with E-state index in [1.165, 1.54) is 12.0 Å². The van der Waals surface area contributed by atoms with E-state index in [4.69, 9.17) is 16.3 Å². The predicted octanol–water partition coefficient (Wildman–Crippen LogP) is 6.35. The zero-order valence-corrected chi connectivity index (χ0v) is 20.4. The second kappa shape index (κ2) is 15.4. The van der Waals surface area contributed by atoms with Crippen LogP contribution < -0.4 is 10.1 Å². The second-order valence-electron chi connectivity index (χ2n) is 6.24.